The van der Waals surface area contributed by atoms with Gasteiger partial charge in [-0.2, -0.15) is 8.78 Å². The fourth-order valence-electron chi connectivity index (χ4n) is 4.16. The third-order valence-electron chi connectivity index (χ3n) is 5.95. The van der Waals surface area contributed by atoms with Crippen molar-refractivity contribution in [3.8, 4) is 5.88 Å². The van der Waals surface area contributed by atoms with Gasteiger partial charge in [0.15, 0.2) is 0 Å². The van der Waals surface area contributed by atoms with Crippen LogP contribution in [-0.4, -0.2) is 41.2 Å². The predicted molar refractivity (Wildman–Crippen MR) is 132 cm³/mol. The lowest BCUT2D eigenvalue weighted by atomic mass is 9.59. The second-order valence-corrected chi connectivity index (χ2v) is 9.19. The van der Waals surface area contributed by atoms with Crippen molar-refractivity contribution < 1.29 is 18.3 Å². The van der Waals surface area contributed by atoms with Gasteiger partial charge >= 0.3 is 6.61 Å². The highest BCUT2D eigenvalue weighted by Crippen LogP contribution is 2.50. The van der Waals surface area contributed by atoms with Crippen LogP contribution >= 0.6 is 11.9 Å². The van der Waals surface area contributed by atoms with Crippen LogP contribution in [0.5, 0.6) is 5.88 Å². The molecule has 33 heavy (non-hydrogen) atoms. The molecule has 0 spiro atoms. The number of benzene rings is 1. The van der Waals surface area contributed by atoms with Crippen LogP contribution in [0.3, 0.4) is 0 Å². The first-order chi connectivity index (χ1) is 15.7. The van der Waals surface area contributed by atoms with E-state index in [1.54, 1.807) is 31.0 Å². The fraction of sp³-hybridized carbons (Fsp3) is 0.520. The number of aryl methyl sites for hydroxylation is 1. The van der Waals surface area contributed by atoms with Crippen molar-refractivity contribution in [1.29, 1.82) is 0 Å². The Labute approximate surface area is 200 Å². The van der Waals surface area contributed by atoms with E-state index in [9.17, 15) is 13.6 Å². The summed E-state index contributed by atoms with van der Waals surface area (Å²) in [5, 5.41) is 2.84. The molecule has 1 heterocycles. The summed E-state index contributed by atoms with van der Waals surface area (Å²) >= 11 is 1.63. The van der Waals surface area contributed by atoms with Crippen molar-refractivity contribution in [2.45, 2.75) is 71.4 Å². The summed E-state index contributed by atoms with van der Waals surface area (Å²) < 4.78 is 32.5. The SMILES string of the molecule is CC.CSN(C)C1CC(C(=O)Nc2ccc(C)nc2OC(F)F)(c2ccccc2C(C)C)C1. The van der Waals surface area contributed by atoms with Crippen LogP contribution in [0.1, 0.15) is 63.3 Å². The number of hydrogen-bond donors (Lipinski definition) is 1. The Kier molecular flexibility index (Phi) is 9.67. The normalized spacial score (nSPS) is 19.7. The minimum absolute atomic E-state index is 0.152. The number of hydrogen-bond acceptors (Lipinski definition) is 5. The minimum Gasteiger partial charge on any atom is -0.415 e. The topological polar surface area (TPSA) is 54.5 Å². The molecule has 1 amide bonds. The van der Waals surface area contributed by atoms with Gasteiger partial charge < -0.3 is 10.1 Å². The summed E-state index contributed by atoms with van der Waals surface area (Å²) in [6.07, 6.45) is 3.29. The largest absolute Gasteiger partial charge is 0.415 e. The van der Waals surface area contributed by atoms with Gasteiger partial charge in [0, 0.05) is 11.7 Å². The van der Waals surface area contributed by atoms with Gasteiger partial charge in [0.1, 0.15) is 5.69 Å². The molecule has 0 radical (unpaired) electrons. The number of nitrogens with one attached hydrogen (secondary N) is 1. The summed E-state index contributed by atoms with van der Waals surface area (Å²) in [6, 6.07) is 11.5. The summed E-state index contributed by atoms with van der Waals surface area (Å²) in [5.41, 5.74) is 2.04. The minimum atomic E-state index is -3.02. The van der Waals surface area contributed by atoms with E-state index < -0.39 is 12.0 Å². The van der Waals surface area contributed by atoms with E-state index in [-0.39, 0.29) is 29.4 Å². The molecule has 8 heteroatoms. The molecule has 0 bridgehead atoms. The number of halogens is 2. The molecule has 0 aliphatic heterocycles. The third kappa shape index (κ3) is 6.03. The van der Waals surface area contributed by atoms with E-state index in [1.807, 2.05) is 45.4 Å². The van der Waals surface area contributed by atoms with E-state index >= 15 is 0 Å². The van der Waals surface area contributed by atoms with Gasteiger partial charge in [0.25, 0.3) is 0 Å². The predicted octanol–water partition coefficient (Wildman–Crippen LogP) is 6.39. The number of anilines is 1. The lowest BCUT2D eigenvalue weighted by Crippen LogP contribution is -2.57. The Morgan fingerprint density at radius 1 is 1.21 bits per heavy atom. The van der Waals surface area contributed by atoms with Gasteiger partial charge in [0.05, 0.1) is 5.41 Å². The van der Waals surface area contributed by atoms with E-state index in [2.05, 4.69) is 39.3 Å². The molecule has 0 atom stereocenters. The standard InChI is InChI=1S/C23H29F2N3O2S.C2H6/c1-14(2)17-8-6-7-9-18(17)23(12-16(13-23)28(4)31-5)21(29)27-19-11-10-15(3)26-20(19)30-22(24)25;1-2/h6-11,14,16,22H,12-13H2,1-5H3,(H,27,29);1-2H3. The molecular formula is C25H35F2N3O2S. The first-order valence-corrected chi connectivity index (χ1v) is 12.5. The summed E-state index contributed by atoms with van der Waals surface area (Å²) in [5.74, 6) is -0.249. The molecule has 182 valence electrons. The summed E-state index contributed by atoms with van der Waals surface area (Å²) in [7, 11) is 2.02. The fourth-order valence-corrected chi connectivity index (χ4v) is 4.61. The second kappa shape index (κ2) is 11.8. The number of pyridine rings is 1. The number of aromatic nitrogens is 1. The van der Waals surface area contributed by atoms with Crippen LogP contribution in [0.2, 0.25) is 0 Å². The highest BCUT2D eigenvalue weighted by Gasteiger charge is 2.53. The van der Waals surface area contributed by atoms with Crippen LogP contribution in [-0.2, 0) is 10.2 Å². The van der Waals surface area contributed by atoms with Gasteiger partial charge in [-0.15, -0.1) is 0 Å². The molecule has 2 aromatic rings. The molecule has 1 fully saturated rings. The van der Waals surface area contributed by atoms with Crippen molar-refractivity contribution >= 4 is 23.5 Å². The smallest absolute Gasteiger partial charge is 0.388 e. The Bertz CT molecular complexity index is 934. The van der Waals surface area contributed by atoms with Crippen molar-refractivity contribution in [1.82, 2.24) is 9.29 Å². The van der Waals surface area contributed by atoms with Crippen molar-refractivity contribution in [3.05, 3.63) is 53.2 Å². The van der Waals surface area contributed by atoms with Gasteiger partial charge in [-0.25, -0.2) is 4.98 Å². The Hall–Kier alpha value is -2.19. The molecule has 0 unspecified atom stereocenters. The van der Waals surface area contributed by atoms with Crippen LogP contribution in [0.15, 0.2) is 36.4 Å². The molecule has 5 nitrogen and oxygen atoms in total. The molecule has 3 rings (SSSR count). The summed E-state index contributed by atoms with van der Waals surface area (Å²) in [4.78, 5) is 17.7. The molecular weight excluding hydrogens is 444 g/mol. The first-order valence-electron chi connectivity index (χ1n) is 11.3. The molecule has 1 N–H and O–H groups in total. The van der Waals surface area contributed by atoms with E-state index in [1.165, 1.54) is 0 Å². The number of alkyl halides is 2. The van der Waals surface area contributed by atoms with Gasteiger partial charge in [-0.3, -0.25) is 9.10 Å². The molecule has 1 aromatic carbocycles. The highest BCUT2D eigenvalue weighted by atomic mass is 32.2. The number of carbonyl (C=O) groups is 1. The lowest BCUT2D eigenvalue weighted by Gasteiger charge is -2.50. The van der Waals surface area contributed by atoms with Crippen molar-refractivity contribution in [3.63, 3.8) is 0 Å². The third-order valence-corrected chi connectivity index (χ3v) is 6.83. The Morgan fingerprint density at radius 3 is 2.42 bits per heavy atom. The molecule has 1 aromatic heterocycles. The maximum Gasteiger partial charge on any atom is 0.388 e. The number of amides is 1. The second-order valence-electron chi connectivity index (χ2n) is 8.25. The van der Waals surface area contributed by atoms with Crippen LogP contribution in [0.25, 0.3) is 0 Å². The van der Waals surface area contributed by atoms with Gasteiger partial charge in [0.2, 0.25) is 11.8 Å². The van der Waals surface area contributed by atoms with Gasteiger partial charge in [-0.1, -0.05) is 63.9 Å². The van der Waals surface area contributed by atoms with Crippen molar-refractivity contribution in [2.75, 3.05) is 18.6 Å². The Balaban J connectivity index is 0.00000187. The average molecular weight is 480 g/mol. The zero-order chi connectivity index (χ0) is 24.8. The highest BCUT2D eigenvalue weighted by molar-refractivity contribution is 7.96. The number of nitrogens with zero attached hydrogens (tertiary/aromatic N) is 2. The Morgan fingerprint density at radius 2 is 1.85 bits per heavy atom. The van der Waals surface area contributed by atoms with Crippen LogP contribution in [0, 0.1) is 6.92 Å². The zero-order valence-electron chi connectivity index (χ0n) is 20.5. The zero-order valence-corrected chi connectivity index (χ0v) is 21.3. The van der Waals surface area contributed by atoms with E-state index in [0.717, 1.165) is 11.1 Å². The maximum atomic E-state index is 13.7. The van der Waals surface area contributed by atoms with E-state index in [0.29, 0.717) is 18.5 Å². The molecule has 1 aliphatic rings. The maximum absolute atomic E-state index is 13.7. The van der Waals surface area contributed by atoms with Crippen molar-refractivity contribution in [2.24, 2.45) is 0 Å². The number of rotatable bonds is 8. The van der Waals surface area contributed by atoms with Crippen LogP contribution in [0.4, 0.5) is 14.5 Å². The molecule has 1 saturated carbocycles. The van der Waals surface area contributed by atoms with Gasteiger partial charge in [-0.05, 0) is 62.2 Å². The molecule has 1 aliphatic carbocycles. The van der Waals surface area contributed by atoms with Crippen LogP contribution < -0.4 is 10.1 Å². The average Bonchev–Trinajstić information content (AvgIpc) is 2.76. The van der Waals surface area contributed by atoms with E-state index in [4.69, 9.17) is 0 Å². The first kappa shape index (κ1) is 27.1. The quantitative estimate of drug-likeness (QED) is 0.445. The lowest BCUT2D eigenvalue weighted by molar-refractivity contribution is -0.126. The summed E-state index contributed by atoms with van der Waals surface area (Å²) in [6.45, 7) is 6.86. The monoisotopic (exact) mass is 479 g/mol. The molecule has 0 saturated heterocycles. The number of ether oxygens (including phenoxy) is 1. The number of carbonyl (C=O) groups excluding carboxylic acids is 1.